The second-order valence-corrected chi connectivity index (χ2v) is 5.30. The number of hydrogen-bond acceptors (Lipinski definition) is 3. The fourth-order valence-corrected chi connectivity index (χ4v) is 2.98. The maximum Gasteiger partial charge on any atom is 0.0906 e. The molecule has 0 aliphatic heterocycles. The third kappa shape index (κ3) is 2.06. The summed E-state index contributed by atoms with van der Waals surface area (Å²) >= 11 is 0. The SMILES string of the molecule is Cc1c(C(O)C2CCCc3cccnc32)cnn1C. The zero-order valence-electron chi connectivity index (χ0n) is 11.4. The number of pyridine rings is 1. The zero-order chi connectivity index (χ0) is 13.4. The summed E-state index contributed by atoms with van der Waals surface area (Å²) in [6.07, 6.45) is 6.25. The maximum absolute atomic E-state index is 10.7. The molecule has 2 unspecified atom stereocenters. The van der Waals surface area contributed by atoms with E-state index in [2.05, 4.69) is 16.1 Å². The van der Waals surface area contributed by atoms with Crippen molar-refractivity contribution in [3.63, 3.8) is 0 Å². The Balaban J connectivity index is 1.97. The summed E-state index contributed by atoms with van der Waals surface area (Å²) in [7, 11) is 1.90. The quantitative estimate of drug-likeness (QED) is 0.898. The lowest BCUT2D eigenvalue weighted by Crippen LogP contribution is -2.19. The largest absolute Gasteiger partial charge is 0.388 e. The highest BCUT2D eigenvalue weighted by molar-refractivity contribution is 5.31. The molecule has 0 radical (unpaired) electrons. The lowest BCUT2D eigenvalue weighted by molar-refractivity contribution is 0.133. The van der Waals surface area contributed by atoms with E-state index in [1.807, 2.05) is 26.2 Å². The topological polar surface area (TPSA) is 50.9 Å². The van der Waals surface area contributed by atoms with Gasteiger partial charge in [0.1, 0.15) is 0 Å². The standard InChI is InChI=1S/C15H19N3O/c1-10-13(9-17-18(10)2)15(19)12-7-3-5-11-6-4-8-16-14(11)12/h4,6,8-9,12,15,19H,3,5,7H2,1-2H3. The highest BCUT2D eigenvalue weighted by Crippen LogP contribution is 2.39. The van der Waals surface area contributed by atoms with Crippen molar-refractivity contribution >= 4 is 0 Å². The number of fused-ring (bicyclic) bond motifs is 1. The average Bonchev–Trinajstić information content (AvgIpc) is 2.78. The van der Waals surface area contributed by atoms with E-state index >= 15 is 0 Å². The summed E-state index contributed by atoms with van der Waals surface area (Å²) in [6, 6.07) is 4.10. The van der Waals surface area contributed by atoms with Crippen LogP contribution < -0.4 is 0 Å². The van der Waals surface area contributed by atoms with E-state index in [0.717, 1.165) is 36.2 Å². The molecule has 4 nitrogen and oxygen atoms in total. The van der Waals surface area contributed by atoms with Gasteiger partial charge in [0.05, 0.1) is 12.3 Å². The summed E-state index contributed by atoms with van der Waals surface area (Å²) < 4.78 is 1.81. The Labute approximate surface area is 113 Å². The van der Waals surface area contributed by atoms with Gasteiger partial charge in [-0.3, -0.25) is 9.67 Å². The van der Waals surface area contributed by atoms with Crippen LogP contribution in [-0.2, 0) is 13.5 Å². The van der Waals surface area contributed by atoms with Crippen molar-refractivity contribution in [1.82, 2.24) is 14.8 Å². The summed E-state index contributed by atoms with van der Waals surface area (Å²) in [5.74, 6) is 0.0906. The van der Waals surface area contributed by atoms with Crippen LogP contribution in [0.2, 0.25) is 0 Å². The molecule has 0 saturated heterocycles. The molecule has 0 fully saturated rings. The van der Waals surface area contributed by atoms with E-state index in [0.29, 0.717) is 0 Å². The van der Waals surface area contributed by atoms with E-state index in [1.165, 1.54) is 5.56 Å². The number of aromatic nitrogens is 3. The van der Waals surface area contributed by atoms with E-state index in [9.17, 15) is 5.11 Å². The fourth-order valence-electron chi connectivity index (χ4n) is 2.98. The van der Waals surface area contributed by atoms with Crippen LogP contribution in [-0.4, -0.2) is 19.9 Å². The molecule has 2 aromatic heterocycles. The highest BCUT2D eigenvalue weighted by atomic mass is 16.3. The van der Waals surface area contributed by atoms with Crippen molar-refractivity contribution in [3.05, 3.63) is 47.0 Å². The summed E-state index contributed by atoms with van der Waals surface area (Å²) in [4.78, 5) is 4.50. The second kappa shape index (κ2) is 4.78. The van der Waals surface area contributed by atoms with Gasteiger partial charge in [-0.05, 0) is 37.8 Å². The van der Waals surface area contributed by atoms with Gasteiger partial charge < -0.3 is 5.11 Å². The normalized spacial score (nSPS) is 20.1. The molecule has 19 heavy (non-hydrogen) atoms. The third-order valence-corrected chi connectivity index (χ3v) is 4.21. The van der Waals surface area contributed by atoms with Crippen LogP contribution in [0, 0.1) is 6.92 Å². The number of nitrogens with zero attached hydrogens (tertiary/aromatic N) is 3. The average molecular weight is 257 g/mol. The molecule has 4 heteroatoms. The van der Waals surface area contributed by atoms with Crippen LogP contribution in [0.5, 0.6) is 0 Å². The Morgan fingerprint density at radius 3 is 3.05 bits per heavy atom. The summed E-state index contributed by atoms with van der Waals surface area (Å²) in [6.45, 7) is 1.99. The Kier molecular flexibility index (Phi) is 3.11. The van der Waals surface area contributed by atoms with Gasteiger partial charge >= 0.3 is 0 Å². The van der Waals surface area contributed by atoms with Crippen molar-refractivity contribution < 1.29 is 5.11 Å². The van der Waals surface area contributed by atoms with Crippen LogP contribution in [0.25, 0.3) is 0 Å². The lowest BCUT2D eigenvalue weighted by atomic mass is 9.81. The van der Waals surface area contributed by atoms with E-state index < -0.39 is 6.10 Å². The lowest BCUT2D eigenvalue weighted by Gasteiger charge is -2.28. The molecule has 0 saturated carbocycles. The van der Waals surface area contributed by atoms with Crippen LogP contribution in [0.3, 0.4) is 0 Å². The predicted octanol–water partition coefficient (Wildman–Crippen LogP) is 2.28. The van der Waals surface area contributed by atoms with Crippen LogP contribution >= 0.6 is 0 Å². The molecule has 2 atom stereocenters. The van der Waals surface area contributed by atoms with Gasteiger partial charge in [0.15, 0.2) is 0 Å². The molecule has 0 bridgehead atoms. The van der Waals surface area contributed by atoms with E-state index in [-0.39, 0.29) is 5.92 Å². The van der Waals surface area contributed by atoms with Crippen molar-refractivity contribution in [2.24, 2.45) is 7.05 Å². The maximum atomic E-state index is 10.7. The molecule has 0 spiro atoms. The number of hydrogen-bond donors (Lipinski definition) is 1. The molecule has 0 amide bonds. The Morgan fingerprint density at radius 1 is 1.47 bits per heavy atom. The smallest absolute Gasteiger partial charge is 0.0906 e. The fraction of sp³-hybridized carbons (Fsp3) is 0.467. The molecule has 1 aliphatic rings. The molecule has 2 aromatic rings. The van der Waals surface area contributed by atoms with Gasteiger partial charge in [0, 0.05) is 36.1 Å². The summed E-state index contributed by atoms with van der Waals surface area (Å²) in [5, 5.41) is 14.9. The van der Waals surface area contributed by atoms with Gasteiger partial charge in [0.2, 0.25) is 0 Å². The summed E-state index contributed by atoms with van der Waals surface area (Å²) in [5.41, 5.74) is 4.28. The van der Waals surface area contributed by atoms with Crippen LogP contribution in [0.4, 0.5) is 0 Å². The zero-order valence-corrected chi connectivity index (χ0v) is 11.4. The first-order valence-corrected chi connectivity index (χ1v) is 6.79. The first-order valence-electron chi connectivity index (χ1n) is 6.79. The molecule has 2 heterocycles. The van der Waals surface area contributed by atoms with Gasteiger partial charge in [-0.15, -0.1) is 0 Å². The number of aryl methyl sites for hydroxylation is 2. The first-order chi connectivity index (χ1) is 9.18. The molecular weight excluding hydrogens is 238 g/mol. The Hall–Kier alpha value is -1.68. The van der Waals surface area contributed by atoms with Gasteiger partial charge in [-0.2, -0.15) is 5.10 Å². The minimum atomic E-state index is -0.511. The highest BCUT2D eigenvalue weighted by Gasteiger charge is 2.30. The number of aliphatic hydroxyl groups excluding tert-OH is 1. The van der Waals surface area contributed by atoms with Crippen molar-refractivity contribution in [2.45, 2.75) is 38.2 Å². The van der Waals surface area contributed by atoms with Gasteiger partial charge in [-0.25, -0.2) is 0 Å². The van der Waals surface area contributed by atoms with Gasteiger partial charge in [0.25, 0.3) is 0 Å². The van der Waals surface area contributed by atoms with Crippen molar-refractivity contribution in [3.8, 4) is 0 Å². The molecule has 3 rings (SSSR count). The third-order valence-electron chi connectivity index (χ3n) is 4.21. The monoisotopic (exact) mass is 257 g/mol. The molecule has 100 valence electrons. The minimum absolute atomic E-state index is 0.0906. The molecule has 1 N–H and O–H groups in total. The van der Waals surface area contributed by atoms with Crippen LogP contribution in [0.15, 0.2) is 24.5 Å². The molecular formula is C15H19N3O. The predicted molar refractivity (Wildman–Crippen MR) is 72.8 cm³/mol. The number of rotatable bonds is 2. The Bertz CT molecular complexity index is 591. The first kappa shape index (κ1) is 12.4. The second-order valence-electron chi connectivity index (χ2n) is 5.30. The van der Waals surface area contributed by atoms with Crippen molar-refractivity contribution in [1.29, 1.82) is 0 Å². The Morgan fingerprint density at radius 2 is 2.32 bits per heavy atom. The molecule has 1 aliphatic carbocycles. The van der Waals surface area contributed by atoms with Crippen molar-refractivity contribution in [2.75, 3.05) is 0 Å². The van der Waals surface area contributed by atoms with E-state index in [4.69, 9.17) is 0 Å². The molecule has 0 aromatic carbocycles. The van der Waals surface area contributed by atoms with E-state index in [1.54, 1.807) is 10.9 Å². The minimum Gasteiger partial charge on any atom is -0.388 e. The van der Waals surface area contributed by atoms with Crippen LogP contribution in [0.1, 0.15) is 47.4 Å². The van der Waals surface area contributed by atoms with Gasteiger partial charge in [-0.1, -0.05) is 6.07 Å². The number of aliphatic hydroxyl groups is 1.